The van der Waals surface area contributed by atoms with Gasteiger partial charge in [-0.15, -0.1) is 12.4 Å². The van der Waals surface area contributed by atoms with Gasteiger partial charge in [-0.2, -0.15) is 0 Å². The van der Waals surface area contributed by atoms with Crippen molar-refractivity contribution in [2.45, 2.75) is 276 Å². The van der Waals surface area contributed by atoms with Gasteiger partial charge in [0.15, 0.2) is 5.78 Å². The molecule has 17 atom stereocenters. The number of hydrogen-bond acceptors (Lipinski definition) is 18. The summed E-state index contributed by atoms with van der Waals surface area (Å²) in [5.41, 5.74) is 4.52. The van der Waals surface area contributed by atoms with Gasteiger partial charge >= 0.3 is 11.9 Å². The van der Waals surface area contributed by atoms with E-state index in [0.29, 0.717) is 91.9 Å². The standard InChI is InChI=1S/C38H34Cl2FN3O3.C32H38Cl2FN3O4.C24H24Cl2FN3O3.C7H15NO2.ClH/c1-36(2)16-18-37(19-17-36)38(25-21-42-28(40)20-27(25)43-35(38)46)29(24-14-9-15-26(39)30(24)41)32-34(45)47-33(23-12-7-4-8-13-23)31(44(32)37)22-10-5-3-6-11-22;1-17(39)24-8-7-18(16-42-24)13-23(40)28-26(19-5-4-6-21(33)27(19)35)32(31(38-28)11-9-30(2,3)10-12-31)20-15-36-25(34)14-22(20)37-29(32)41;1-22(2)6-8-23(9-7-22)24(13-11-28-16(26)10-15(13)29-21(24)33)17(19(30-23)20(31)32)12-4-3-5-14(25)18(12)27;1-5(9)7-3-2-6(8)4-10-7;/h3-15,20-21,29,31-33H,16-19H2,1-2H3,(H,43,46);4-6,14-15,17-18,24,26,28,38-39H,7-13,16H2,1-3H3,(H,37,41);3-5,10-11,17,19,30H,6-9H2,1-2H3,(H,29,33)(H,31,32);5-7,9H,2-4,8H2,1H3;1H/t29-,31+,32+,33-,38-;17-,18?,24+,26+,28+,32?;17-,19+,24?;5-,6-,7+;/m0101./s1. The van der Waals surface area contributed by atoms with Crippen LogP contribution in [0.5, 0.6) is 0 Å². The second kappa shape index (κ2) is 37.4. The number of carboxylic acid groups (broad SMARTS) is 1. The number of cyclic esters (lactones) is 1. The first kappa shape index (κ1) is 98.1. The Labute approximate surface area is 808 Å². The summed E-state index contributed by atoms with van der Waals surface area (Å²) in [6, 6.07) is 35.3. The third-order valence-electron chi connectivity index (χ3n) is 31.6. The van der Waals surface area contributed by atoms with Crippen LogP contribution in [0.15, 0.2) is 152 Å². The molecule has 20 rings (SSSR count). The van der Waals surface area contributed by atoms with Crippen molar-refractivity contribution in [2.75, 3.05) is 29.2 Å². The predicted octanol–water partition coefficient (Wildman–Crippen LogP) is 19.7. The van der Waals surface area contributed by atoms with Crippen molar-refractivity contribution >= 4 is 135 Å². The number of esters is 1. The summed E-state index contributed by atoms with van der Waals surface area (Å²) in [5.74, 6) is -7.62. The Morgan fingerprint density at radius 2 is 0.872 bits per heavy atom. The summed E-state index contributed by atoms with van der Waals surface area (Å²) in [7, 11) is 0. The first-order valence-electron chi connectivity index (χ1n) is 45.7. The van der Waals surface area contributed by atoms with E-state index in [1.807, 2.05) is 60.7 Å². The Kier molecular flexibility index (Phi) is 27.6. The molecule has 8 aromatic rings. The van der Waals surface area contributed by atoms with Crippen LogP contribution >= 0.6 is 82.0 Å². The van der Waals surface area contributed by atoms with Crippen molar-refractivity contribution in [3.8, 4) is 0 Å². The van der Waals surface area contributed by atoms with Gasteiger partial charge in [0.2, 0.25) is 17.7 Å². The number of fused-ring (bicyclic) bond motifs is 11. The number of benzene rings is 5. The number of Topliss-reactive ketones (excluding diaryl/α,β-unsaturated/α-hetero) is 1. The van der Waals surface area contributed by atoms with Crippen LogP contribution < -0.4 is 32.3 Å². The molecule has 3 aliphatic carbocycles. The van der Waals surface area contributed by atoms with Crippen LogP contribution in [0.3, 0.4) is 0 Å². The number of anilines is 3. The number of carbonyl (C=O) groups is 6. The second-order valence-electron chi connectivity index (χ2n) is 40.7. The lowest BCUT2D eigenvalue weighted by atomic mass is 9.53. The highest BCUT2D eigenvalue weighted by Gasteiger charge is 2.80. The zero-order valence-corrected chi connectivity index (χ0v) is 80.5. The van der Waals surface area contributed by atoms with Gasteiger partial charge in [-0.3, -0.25) is 44.3 Å². The van der Waals surface area contributed by atoms with E-state index < -0.39 is 116 Å². The van der Waals surface area contributed by atoms with Gasteiger partial charge < -0.3 is 51.2 Å². The molecule has 6 saturated heterocycles. The topological polar surface area (TPSA) is 319 Å². The Morgan fingerprint density at radius 1 is 0.489 bits per heavy atom. The number of nitrogens with two attached hydrogens (primary N) is 1. The molecule has 6 spiro atoms. The molecule has 3 aromatic heterocycles. The summed E-state index contributed by atoms with van der Waals surface area (Å²) >= 11 is 37.7. The number of hydrogen-bond donors (Lipinski definition) is 9. The zero-order chi connectivity index (χ0) is 94.1. The Hall–Kier alpha value is -7.93. The van der Waals surface area contributed by atoms with Gasteiger partial charge in [0.05, 0.1) is 64.8 Å². The molecule has 12 heterocycles. The molecule has 0 radical (unpaired) electrons. The number of aromatic nitrogens is 3. The minimum Gasteiger partial charge on any atom is -0.480 e. The highest BCUT2D eigenvalue weighted by molar-refractivity contribution is 6.32. The number of ether oxygens (including phenoxy) is 3. The van der Waals surface area contributed by atoms with E-state index >= 15 is 18.0 Å². The summed E-state index contributed by atoms with van der Waals surface area (Å²) in [5, 5.41) is 45.8. The highest BCUT2D eigenvalue weighted by atomic mass is 35.5. The molecule has 32 heteroatoms. The van der Waals surface area contributed by atoms with Crippen LogP contribution in [0.1, 0.15) is 239 Å². The lowest BCUT2D eigenvalue weighted by Crippen LogP contribution is -2.64. The molecule has 12 aliphatic rings. The maximum absolute atomic E-state index is 16.5. The average molecular weight is 1960 g/mol. The van der Waals surface area contributed by atoms with Gasteiger partial charge in [0.25, 0.3) is 0 Å². The molecule has 3 saturated carbocycles. The largest absolute Gasteiger partial charge is 0.480 e. The minimum absolute atomic E-state index is 0. The number of halogens is 10. The summed E-state index contributed by atoms with van der Waals surface area (Å²) in [6.07, 6.45) is 14.7. The maximum atomic E-state index is 16.5. The fraction of sp³-hybridized carbons (Fsp3) is 0.495. The van der Waals surface area contributed by atoms with Crippen molar-refractivity contribution in [1.82, 2.24) is 30.5 Å². The number of nitrogens with one attached hydrogen (secondary N) is 5. The number of pyridine rings is 3. The lowest BCUT2D eigenvalue weighted by molar-refractivity contribution is -0.184. The number of aliphatic carboxylic acids is 1. The zero-order valence-electron chi connectivity index (χ0n) is 75.1. The average Bonchev–Trinajstić information content (AvgIpc) is 1.48. The van der Waals surface area contributed by atoms with E-state index in [2.05, 4.69) is 88.0 Å². The predicted molar refractivity (Wildman–Crippen MR) is 507 cm³/mol. The van der Waals surface area contributed by atoms with Crippen LogP contribution in [-0.2, 0) is 59.2 Å². The number of ketones is 1. The first-order valence-corrected chi connectivity index (χ1v) is 48.0. The van der Waals surface area contributed by atoms with Crippen LogP contribution in [0.2, 0.25) is 30.5 Å². The molecule has 22 nitrogen and oxygen atoms in total. The van der Waals surface area contributed by atoms with Crippen molar-refractivity contribution in [3.05, 3.63) is 245 Å². The number of aliphatic hydroxyl groups is 2. The molecule has 5 aromatic carbocycles. The number of carboxylic acids is 1. The number of nitrogens with zero attached hydrogens (tertiary/aromatic N) is 4. The molecule has 708 valence electrons. The molecule has 133 heavy (non-hydrogen) atoms. The third-order valence-corrected chi connectivity index (χ3v) is 33.0. The monoisotopic (exact) mass is 1960 g/mol. The van der Waals surface area contributed by atoms with Gasteiger partial charge in [-0.1, -0.05) is 208 Å². The summed E-state index contributed by atoms with van der Waals surface area (Å²) in [6.45, 7) is 17.6. The molecule has 9 fully saturated rings. The Morgan fingerprint density at radius 3 is 1.28 bits per heavy atom. The molecule has 9 aliphatic heterocycles. The van der Waals surface area contributed by atoms with Gasteiger partial charge in [-0.05, 0) is 203 Å². The van der Waals surface area contributed by atoms with Crippen LogP contribution in [0, 0.1) is 39.6 Å². The minimum atomic E-state index is -1.43. The van der Waals surface area contributed by atoms with E-state index in [4.69, 9.17) is 94.7 Å². The number of amides is 3. The molecule has 10 N–H and O–H groups in total. The van der Waals surface area contributed by atoms with E-state index in [0.717, 1.165) is 68.9 Å². The summed E-state index contributed by atoms with van der Waals surface area (Å²) < 4.78 is 65.7. The molecular weight excluding hydrogens is 1850 g/mol. The van der Waals surface area contributed by atoms with E-state index in [-0.39, 0.29) is 136 Å². The fourth-order valence-electron chi connectivity index (χ4n) is 24.8. The number of rotatable bonds is 11. The van der Waals surface area contributed by atoms with Crippen LogP contribution in [-0.4, -0.2) is 149 Å². The number of carbonyl (C=O) groups excluding carboxylic acids is 5. The fourth-order valence-corrected chi connectivity index (χ4v) is 25.9. The van der Waals surface area contributed by atoms with Gasteiger partial charge in [-0.25, -0.2) is 28.1 Å². The van der Waals surface area contributed by atoms with Gasteiger partial charge in [0.1, 0.15) is 67.3 Å². The SMILES string of the molecule is CC1(C)CCC2(CC1)N1[C@H](c3ccccc3)[C@H](c3ccccc3)OC(=O)[C@H]1[C@H](c1cccc(Cl)c1F)[C@@]21C(=O)Nc2cc(Cl)ncc21.CC1(C)CCC2(CC1)N[C@@H](C(=O)O)[C@H](c1cccc(Cl)c1F)C21C(=O)Nc2cc(Cl)ncc21.C[C@@H](O)[C@@H]1CCC(CC(=O)[C@@H]2NC3(CCC(C)(C)CC3)C3(C(=O)Nc4cc(Cl)ncc43)[C@H]2c2cccc(Cl)c2F)CO1.C[C@@H](O)[C@@H]1CC[C@@H](N)CO1.Cl. The van der Waals surface area contributed by atoms with E-state index in [1.54, 1.807) is 74.8 Å². The molecular formula is C101H112Cl7F3N10O12. The second-order valence-corrected chi connectivity index (χ2v) is 43.1. The molecule has 3 unspecified atom stereocenters. The smallest absolute Gasteiger partial charge is 0.324 e. The van der Waals surface area contributed by atoms with Gasteiger partial charge in [0, 0.05) is 99.2 Å². The molecule has 3 amide bonds. The van der Waals surface area contributed by atoms with Crippen molar-refractivity contribution < 1.29 is 71.5 Å². The quantitative estimate of drug-likeness (QED) is 0.0429. The van der Waals surface area contributed by atoms with Crippen molar-refractivity contribution in [2.24, 2.45) is 27.9 Å². The first-order chi connectivity index (χ1) is 62.7. The highest BCUT2D eigenvalue weighted by Crippen LogP contribution is 2.73. The number of morpholine rings is 1. The van der Waals surface area contributed by atoms with Crippen molar-refractivity contribution in [3.63, 3.8) is 0 Å². The van der Waals surface area contributed by atoms with E-state index in [9.17, 15) is 34.2 Å². The van der Waals surface area contributed by atoms with Crippen molar-refractivity contribution in [1.29, 1.82) is 0 Å². The van der Waals surface area contributed by atoms with E-state index in [1.165, 1.54) is 30.5 Å². The molecule has 0 bridgehead atoms. The Balaban J connectivity index is 0.000000139. The number of aliphatic hydroxyl groups excluding tert-OH is 2. The lowest BCUT2D eigenvalue weighted by Gasteiger charge is -2.57. The normalized spacial score (nSPS) is 30.5. The Bertz CT molecular complexity index is 5790. The maximum Gasteiger partial charge on any atom is 0.324 e. The third kappa shape index (κ3) is 16.8. The van der Waals surface area contributed by atoms with Crippen LogP contribution in [0.25, 0.3) is 0 Å². The van der Waals surface area contributed by atoms with Crippen LogP contribution in [0.4, 0.5) is 30.2 Å². The summed E-state index contributed by atoms with van der Waals surface area (Å²) in [4.78, 5) is 101.